The summed E-state index contributed by atoms with van der Waals surface area (Å²) in [5, 5.41) is 2.74. The molecular weight excluding hydrogens is 501 g/mol. The van der Waals surface area contributed by atoms with Crippen LogP contribution in [0.25, 0.3) is 16.7 Å². The Kier molecular flexibility index (Phi) is 8.52. The number of urea groups is 1. The van der Waals surface area contributed by atoms with Gasteiger partial charge >= 0.3 is 12.2 Å². The Balaban J connectivity index is 1.65. The van der Waals surface area contributed by atoms with Gasteiger partial charge in [0.25, 0.3) is 0 Å². The number of anilines is 2. The molecule has 1 aromatic heterocycles. The number of alkyl halides is 3. The van der Waals surface area contributed by atoms with E-state index in [1.54, 1.807) is 25.4 Å². The Morgan fingerprint density at radius 1 is 1.18 bits per heavy atom. The lowest BCUT2D eigenvalue weighted by molar-refractivity contribution is -0.233. The fraction of sp³-hybridized carbons (Fsp3) is 0.423. The van der Waals surface area contributed by atoms with Gasteiger partial charge < -0.3 is 30.3 Å². The smallest absolute Gasteiger partial charge is 0.404 e. The van der Waals surface area contributed by atoms with Crippen molar-refractivity contribution in [3.05, 3.63) is 47.8 Å². The summed E-state index contributed by atoms with van der Waals surface area (Å²) in [6.45, 7) is 3.83. The number of amides is 2. The van der Waals surface area contributed by atoms with E-state index in [9.17, 15) is 18.0 Å². The van der Waals surface area contributed by atoms with Crippen molar-refractivity contribution in [1.29, 1.82) is 0 Å². The maximum Gasteiger partial charge on any atom is 0.416 e. The van der Waals surface area contributed by atoms with Crippen LogP contribution in [-0.4, -0.2) is 87.5 Å². The molecule has 1 aromatic carbocycles. The first kappa shape index (κ1) is 27.4. The second-order valence-electron chi connectivity index (χ2n) is 9.01. The number of ether oxygens (including phenoxy) is 2. The molecule has 3 N–H and O–H groups in total. The predicted octanol–water partition coefficient (Wildman–Crippen LogP) is 3.69. The molecule has 0 bridgehead atoms. The lowest BCUT2D eigenvalue weighted by Gasteiger charge is -2.33. The van der Waals surface area contributed by atoms with Crippen molar-refractivity contribution in [2.24, 2.45) is 10.7 Å². The molecule has 0 unspecified atom stereocenters. The largest absolute Gasteiger partial charge is 0.416 e. The van der Waals surface area contributed by atoms with Crippen LogP contribution in [0.15, 0.2) is 41.5 Å². The van der Waals surface area contributed by atoms with Crippen LogP contribution in [0.5, 0.6) is 0 Å². The zero-order chi connectivity index (χ0) is 27.3. The van der Waals surface area contributed by atoms with E-state index in [1.807, 2.05) is 25.1 Å². The number of nitrogens with one attached hydrogen (secondary N) is 1. The SMILES string of the molecule is CN=C/C(=C\N)c1cc(-c2cc(NC(=O)N3CCO[C@H](C(F)(F)F)C3)ccc2C)cc(N2CCOCC2)n1. The highest BCUT2D eigenvalue weighted by atomic mass is 19.4. The Bertz CT molecular complexity index is 1210. The van der Waals surface area contributed by atoms with Gasteiger partial charge in [-0.3, -0.25) is 4.99 Å². The van der Waals surface area contributed by atoms with Gasteiger partial charge in [0.15, 0.2) is 6.10 Å². The van der Waals surface area contributed by atoms with Crippen molar-refractivity contribution in [2.45, 2.75) is 19.2 Å². The normalized spacial score (nSPS) is 19.2. The van der Waals surface area contributed by atoms with E-state index in [2.05, 4.69) is 15.2 Å². The van der Waals surface area contributed by atoms with E-state index in [-0.39, 0.29) is 13.2 Å². The fourth-order valence-electron chi connectivity index (χ4n) is 4.35. The van der Waals surface area contributed by atoms with E-state index in [0.717, 1.165) is 27.4 Å². The van der Waals surface area contributed by atoms with Crippen molar-refractivity contribution in [1.82, 2.24) is 9.88 Å². The minimum Gasteiger partial charge on any atom is -0.404 e. The molecule has 2 aliphatic rings. The van der Waals surface area contributed by atoms with Gasteiger partial charge in [-0.25, -0.2) is 9.78 Å². The maximum absolute atomic E-state index is 13.1. The third kappa shape index (κ3) is 6.43. The van der Waals surface area contributed by atoms with E-state index in [0.29, 0.717) is 43.3 Å². The number of morpholine rings is 2. The molecule has 0 spiro atoms. The van der Waals surface area contributed by atoms with Gasteiger partial charge in [-0.15, -0.1) is 0 Å². The Labute approximate surface area is 219 Å². The van der Waals surface area contributed by atoms with Crippen LogP contribution in [0.4, 0.5) is 29.5 Å². The van der Waals surface area contributed by atoms with Gasteiger partial charge in [-0.05, 0) is 47.9 Å². The minimum absolute atomic E-state index is 0.0704. The number of aryl methyl sites for hydroxylation is 1. The molecule has 9 nitrogen and oxygen atoms in total. The van der Waals surface area contributed by atoms with Gasteiger partial charge in [-0.1, -0.05) is 6.07 Å². The summed E-state index contributed by atoms with van der Waals surface area (Å²) in [5.74, 6) is 0.755. The molecule has 2 aliphatic heterocycles. The van der Waals surface area contributed by atoms with Gasteiger partial charge in [0, 0.05) is 50.4 Å². The number of halogens is 3. The lowest BCUT2D eigenvalue weighted by atomic mass is 9.98. The molecule has 204 valence electrons. The zero-order valence-electron chi connectivity index (χ0n) is 21.3. The number of nitrogens with zero attached hydrogens (tertiary/aromatic N) is 4. The lowest BCUT2D eigenvalue weighted by Crippen LogP contribution is -2.52. The number of benzene rings is 1. The fourth-order valence-corrected chi connectivity index (χ4v) is 4.35. The van der Waals surface area contributed by atoms with Crippen molar-refractivity contribution < 1.29 is 27.4 Å². The quantitative estimate of drug-likeness (QED) is 0.570. The first-order chi connectivity index (χ1) is 18.2. The molecule has 4 rings (SSSR count). The predicted molar refractivity (Wildman–Crippen MR) is 140 cm³/mol. The minimum atomic E-state index is -4.54. The van der Waals surface area contributed by atoms with Crippen LogP contribution < -0.4 is 16.0 Å². The number of aliphatic imine (C=N–C) groups is 1. The highest BCUT2D eigenvalue weighted by molar-refractivity contribution is 6.09. The summed E-state index contributed by atoms with van der Waals surface area (Å²) in [7, 11) is 1.65. The molecule has 2 saturated heterocycles. The molecule has 0 saturated carbocycles. The average Bonchev–Trinajstić information content (AvgIpc) is 2.92. The van der Waals surface area contributed by atoms with E-state index < -0.39 is 24.9 Å². The van der Waals surface area contributed by atoms with Gasteiger partial charge in [0.2, 0.25) is 0 Å². The number of aromatic nitrogens is 1. The number of hydrogen-bond donors (Lipinski definition) is 2. The third-order valence-corrected chi connectivity index (χ3v) is 6.41. The van der Waals surface area contributed by atoms with Crippen LogP contribution in [0.2, 0.25) is 0 Å². The second kappa shape index (κ2) is 11.8. The molecule has 0 aliphatic carbocycles. The van der Waals surface area contributed by atoms with Crippen molar-refractivity contribution >= 4 is 29.3 Å². The molecule has 1 atom stereocenters. The van der Waals surface area contributed by atoms with E-state index >= 15 is 0 Å². The van der Waals surface area contributed by atoms with Crippen LogP contribution in [-0.2, 0) is 9.47 Å². The average molecular weight is 533 g/mol. The molecular formula is C26H31F3N6O3. The van der Waals surface area contributed by atoms with Gasteiger partial charge in [0.1, 0.15) is 5.82 Å². The molecule has 2 amide bonds. The standard InChI is InChI=1S/C26H31F3N6O3/c1-17-3-4-20(32-25(36)35-7-10-38-23(16-35)26(27,28)29)13-21(17)18-11-22(19(14-30)15-31-2)33-24(12-18)34-5-8-37-9-6-34/h3-4,11-15,23H,5-10,16,30H2,1-2H3,(H,32,36)/b19-14+,31-15?/t23-/m0/s1. The zero-order valence-corrected chi connectivity index (χ0v) is 21.3. The summed E-state index contributed by atoms with van der Waals surface area (Å²) < 4.78 is 49.6. The van der Waals surface area contributed by atoms with Crippen LogP contribution in [0.1, 0.15) is 11.3 Å². The monoisotopic (exact) mass is 532 g/mol. The van der Waals surface area contributed by atoms with Crippen LogP contribution in [0, 0.1) is 6.92 Å². The number of carbonyl (C=O) groups is 1. The summed E-state index contributed by atoms with van der Waals surface area (Å²) in [5.41, 5.74) is 10.2. The highest BCUT2D eigenvalue weighted by Gasteiger charge is 2.44. The van der Waals surface area contributed by atoms with Crippen molar-refractivity contribution in [3.8, 4) is 11.1 Å². The third-order valence-electron chi connectivity index (χ3n) is 6.41. The summed E-state index contributed by atoms with van der Waals surface area (Å²) in [6.07, 6.45) is -3.45. The maximum atomic E-state index is 13.1. The number of rotatable bonds is 5. The van der Waals surface area contributed by atoms with E-state index in [1.165, 1.54) is 6.20 Å². The highest BCUT2D eigenvalue weighted by Crippen LogP contribution is 2.32. The molecule has 3 heterocycles. The molecule has 0 radical (unpaired) electrons. The molecule has 2 fully saturated rings. The Hall–Kier alpha value is -3.64. The number of hydrogen-bond acceptors (Lipinski definition) is 7. The second-order valence-corrected chi connectivity index (χ2v) is 9.01. The summed E-state index contributed by atoms with van der Waals surface area (Å²) in [6, 6.07) is 8.62. The summed E-state index contributed by atoms with van der Waals surface area (Å²) in [4.78, 5) is 25.0. The Morgan fingerprint density at radius 3 is 2.63 bits per heavy atom. The first-order valence-electron chi connectivity index (χ1n) is 12.2. The van der Waals surface area contributed by atoms with Crippen LogP contribution >= 0.6 is 0 Å². The number of carbonyl (C=O) groups excluding carboxylic acids is 1. The number of pyridine rings is 1. The van der Waals surface area contributed by atoms with E-state index in [4.69, 9.17) is 20.2 Å². The molecule has 12 heteroatoms. The van der Waals surface area contributed by atoms with Crippen molar-refractivity contribution in [3.63, 3.8) is 0 Å². The molecule has 38 heavy (non-hydrogen) atoms. The number of nitrogens with two attached hydrogens (primary N) is 1. The topological polar surface area (TPSA) is 105 Å². The first-order valence-corrected chi connectivity index (χ1v) is 12.2. The van der Waals surface area contributed by atoms with Gasteiger partial charge in [0.05, 0.1) is 32.1 Å². The van der Waals surface area contributed by atoms with Crippen molar-refractivity contribution in [2.75, 3.05) is 63.3 Å². The summed E-state index contributed by atoms with van der Waals surface area (Å²) >= 11 is 0. The Morgan fingerprint density at radius 2 is 1.95 bits per heavy atom. The molecule has 2 aromatic rings. The number of allylic oxidation sites excluding steroid dienone is 1. The van der Waals surface area contributed by atoms with Gasteiger partial charge in [-0.2, -0.15) is 13.2 Å². The van der Waals surface area contributed by atoms with Crippen LogP contribution in [0.3, 0.4) is 0 Å².